The third-order valence-electron chi connectivity index (χ3n) is 2.99. The summed E-state index contributed by atoms with van der Waals surface area (Å²) in [6, 6.07) is 16.5. The Morgan fingerprint density at radius 3 is 2.40 bits per heavy atom. The van der Waals surface area contributed by atoms with Crippen LogP contribution in [0, 0.1) is 0 Å². The van der Waals surface area contributed by atoms with Crippen LogP contribution in [0.5, 0.6) is 11.5 Å². The average molecular weight is 290 g/mol. The van der Waals surface area contributed by atoms with Crippen LogP contribution in [0.3, 0.4) is 0 Å². The molecule has 0 aromatic heterocycles. The summed E-state index contributed by atoms with van der Waals surface area (Å²) in [7, 11) is -3.40. The minimum Gasteiger partial charge on any atom is -0.468 e. The SMILES string of the molecule is CCO[P@]1(=O)Oc2ccccc2O[C@H]1c1ccccc1. The molecule has 0 unspecified atom stereocenters. The molecule has 20 heavy (non-hydrogen) atoms. The van der Waals surface area contributed by atoms with E-state index < -0.39 is 13.4 Å². The minimum absolute atomic E-state index is 0.298. The summed E-state index contributed by atoms with van der Waals surface area (Å²) in [5, 5.41) is 0. The van der Waals surface area contributed by atoms with Crippen LogP contribution >= 0.6 is 7.60 Å². The van der Waals surface area contributed by atoms with Crippen molar-refractivity contribution in [2.24, 2.45) is 0 Å². The van der Waals surface area contributed by atoms with Crippen LogP contribution in [-0.2, 0) is 9.09 Å². The molecule has 2 aromatic rings. The van der Waals surface area contributed by atoms with Crippen LogP contribution in [0.1, 0.15) is 18.3 Å². The van der Waals surface area contributed by atoms with Gasteiger partial charge in [-0.05, 0) is 19.1 Å². The topological polar surface area (TPSA) is 44.8 Å². The van der Waals surface area contributed by atoms with Crippen LogP contribution in [0.15, 0.2) is 54.6 Å². The Labute approximate surface area is 117 Å². The van der Waals surface area contributed by atoms with Gasteiger partial charge in [-0.2, -0.15) is 0 Å². The first-order valence-electron chi connectivity index (χ1n) is 6.47. The fraction of sp³-hybridized carbons (Fsp3) is 0.200. The van der Waals surface area contributed by atoms with E-state index in [1.165, 1.54) is 0 Å². The highest BCUT2D eigenvalue weighted by molar-refractivity contribution is 7.54. The lowest BCUT2D eigenvalue weighted by Crippen LogP contribution is -2.18. The minimum atomic E-state index is -3.40. The molecule has 2 aromatic carbocycles. The highest BCUT2D eigenvalue weighted by Gasteiger charge is 2.44. The van der Waals surface area contributed by atoms with Crippen molar-refractivity contribution >= 4 is 7.60 Å². The van der Waals surface area contributed by atoms with Gasteiger partial charge in [-0.1, -0.05) is 42.5 Å². The summed E-state index contributed by atoms with van der Waals surface area (Å²) >= 11 is 0. The highest BCUT2D eigenvalue weighted by Crippen LogP contribution is 2.65. The molecule has 0 saturated heterocycles. The molecule has 0 radical (unpaired) electrons. The lowest BCUT2D eigenvalue weighted by atomic mass is 10.2. The Morgan fingerprint density at radius 1 is 1.05 bits per heavy atom. The number of rotatable bonds is 3. The first kappa shape index (κ1) is 13.2. The van der Waals surface area contributed by atoms with Crippen LogP contribution in [-0.4, -0.2) is 6.61 Å². The van der Waals surface area contributed by atoms with Crippen molar-refractivity contribution < 1.29 is 18.3 Å². The first-order valence-corrected chi connectivity index (χ1v) is 8.08. The van der Waals surface area contributed by atoms with Gasteiger partial charge in [-0.3, -0.25) is 4.52 Å². The second-order valence-corrected chi connectivity index (χ2v) is 6.37. The lowest BCUT2D eigenvalue weighted by Gasteiger charge is -2.32. The maximum atomic E-state index is 13.0. The van der Waals surface area contributed by atoms with E-state index in [-0.39, 0.29) is 0 Å². The Morgan fingerprint density at radius 2 is 1.70 bits per heavy atom. The monoisotopic (exact) mass is 290 g/mol. The summed E-state index contributed by atoms with van der Waals surface area (Å²) in [5.41, 5.74) is 0.777. The number of fused-ring (bicyclic) bond motifs is 1. The smallest absolute Gasteiger partial charge is 0.424 e. The van der Waals surface area contributed by atoms with E-state index in [2.05, 4.69) is 0 Å². The molecule has 4 nitrogen and oxygen atoms in total. The molecule has 0 aliphatic carbocycles. The normalized spacial score (nSPS) is 24.4. The molecule has 0 bridgehead atoms. The molecule has 0 N–H and O–H groups in total. The van der Waals surface area contributed by atoms with Crippen LogP contribution in [0.4, 0.5) is 0 Å². The van der Waals surface area contributed by atoms with Gasteiger partial charge in [0.15, 0.2) is 11.5 Å². The van der Waals surface area contributed by atoms with Gasteiger partial charge in [0.25, 0.3) is 0 Å². The Hall–Kier alpha value is -1.77. The first-order chi connectivity index (χ1) is 9.73. The summed E-state index contributed by atoms with van der Waals surface area (Å²) in [4.78, 5) is 0. The molecular weight excluding hydrogens is 275 g/mol. The fourth-order valence-electron chi connectivity index (χ4n) is 2.13. The van der Waals surface area contributed by atoms with Crippen molar-refractivity contribution in [1.82, 2.24) is 0 Å². The predicted octanol–water partition coefficient (Wildman–Crippen LogP) is 4.39. The number of benzene rings is 2. The van der Waals surface area contributed by atoms with Gasteiger partial charge >= 0.3 is 7.60 Å². The number of hydrogen-bond acceptors (Lipinski definition) is 4. The second kappa shape index (κ2) is 5.31. The highest BCUT2D eigenvalue weighted by atomic mass is 31.2. The van der Waals surface area contributed by atoms with Gasteiger partial charge in [0.05, 0.1) is 6.61 Å². The largest absolute Gasteiger partial charge is 0.468 e. The zero-order chi connectivity index (χ0) is 14.0. The maximum absolute atomic E-state index is 13.0. The molecule has 5 heteroatoms. The van der Waals surface area contributed by atoms with Gasteiger partial charge in [0.2, 0.25) is 5.85 Å². The summed E-state index contributed by atoms with van der Waals surface area (Å²) in [5.74, 6) is 0.294. The van der Waals surface area contributed by atoms with Crippen molar-refractivity contribution in [1.29, 1.82) is 0 Å². The van der Waals surface area contributed by atoms with Gasteiger partial charge in [-0.25, -0.2) is 4.57 Å². The molecule has 2 atom stereocenters. The number of para-hydroxylation sites is 2. The van der Waals surface area contributed by atoms with Crippen LogP contribution in [0.2, 0.25) is 0 Å². The molecule has 0 spiro atoms. The third kappa shape index (κ3) is 2.33. The van der Waals surface area contributed by atoms with E-state index in [0.717, 1.165) is 5.56 Å². The van der Waals surface area contributed by atoms with E-state index >= 15 is 0 Å². The molecular formula is C15H15O4P. The standard InChI is InChI=1S/C15H15O4P/c1-2-17-20(16)15(12-8-4-3-5-9-12)18-13-10-6-7-11-14(13)19-20/h3-11,15H,2H2,1H3/t15-,20+/m1/s1. The summed E-state index contributed by atoms with van der Waals surface area (Å²) < 4.78 is 29.9. The molecule has 0 saturated carbocycles. The van der Waals surface area contributed by atoms with E-state index in [4.69, 9.17) is 13.8 Å². The van der Waals surface area contributed by atoms with Crippen molar-refractivity contribution in [3.05, 3.63) is 60.2 Å². The number of hydrogen-bond donors (Lipinski definition) is 0. The van der Waals surface area contributed by atoms with Crippen LogP contribution in [0.25, 0.3) is 0 Å². The summed E-state index contributed by atoms with van der Waals surface area (Å²) in [6.07, 6.45) is 0. The molecule has 3 rings (SSSR count). The second-order valence-electron chi connectivity index (χ2n) is 4.38. The van der Waals surface area contributed by atoms with Gasteiger partial charge in [-0.15, -0.1) is 0 Å². The van der Waals surface area contributed by atoms with Crippen LogP contribution < -0.4 is 9.26 Å². The van der Waals surface area contributed by atoms with E-state index in [1.807, 2.05) is 36.4 Å². The van der Waals surface area contributed by atoms with Crippen molar-refractivity contribution in [2.45, 2.75) is 12.8 Å². The Kier molecular flexibility index (Phi) is 3.51. The van der Waals surface area contributed by atoms with Crippen molar-refractivity contribution in [3.8, 4) is 11.5 Å². The van der Waals surface area contributed by atoms with E-state index in [9.17, 15) is 4.57 Å². The fourth-order valence-corrected chi connectivity index (χ4v) is 3.98. The predicted molar refractivity (Wildman–Crippen MR) is 76.1 cm³/mol. The van der Waals surface area contributed by atoms with Gasteiger partial charge in [0, 0.05) is 5.56 Å². The zero-order valence-corrected chi connectivity index (χ0v) is 12.0. The molecule has 104 valence electrons. The lowest BCUT2D eigenvalue weighted by molar-refractivity contribution is 0.173. The number of ether oxygens (including phenoxy) is 1. The third-order valence-corrected chi connectivity index (χ3v) is 5.04. The maximum Gasteiger partial charge on any atom is 0.424 e. The Balaban J connectivity index is 2.05. The van der Waals surface area contributed by atoms with E-state index in [0.29, 0.717) is 18.1 Å². The van der Waals surface area contributed by atoms with Crippen molar-refractivity contribution in [3.63, 3.8) is 0 Å². The summed E-state index contributed by atoms with van der Waals surface area (Å²) in [6.45, 7) is 2.08. The average Bonchev–Trinajstić information content (AvgIpc) is 2.47. The molecule has 0 amide bonds. The quantitative estimate of drug-likeness (QED) is 0.787. The molecule has 0 fully saturated rings. The zero-order valence-electron chi connectivity index (χ0n) is 11.1. The van der Waals surface area contributed by atoms with Crippen molar-refractivity contribution in [2.75, 3.05) is 6.61 Å². The molecule has 1 heterocycles. The Bertz CT molecular complexity index is 641. The molecule has 1 aliphatic heterocycles. The molecule has 1 aliphatic rings. The van der Waals surface area contributed by atoms with Gasteiger partial charge < -0.3 is 9.26 Å². The van der Waals surface area contributed by atoms with E-state index in [1.54, 1.807) is 25.1 Å². The van der Waals surface area contributed by atoms with Gasteiger partial charge in [0.1, 0.15) is 0 Å².